The minimum atomic E-state index is -1.64. The quantitative estimate of drug-likeness (QED) is 0.336. The van der Waals surface area contributed by atoms with Gasteiger partial charge in [-0.2, -0.15) is 0 Å². The maximum atomic E-state index is 12.9. The van der Waals surface area contributed by atoms with Crippen LogP contribution in [0.5, 0.6) is 5.75 Å². The van der Waals surface area contributed by atoms with Crippen molar-refractivity contribution in [3.05, 3.63) is 65.7 Å². The molecule has 12 heteroatoms. The van der Waals surface area contributed by atoms with E-state index < -0.39 is 60.6 Å². The average Bonchev–Trinajstić information content (AvgIpc) is 2.90. The van der Waals surface area contributed by atoms with Crippen molar-refractivity contribution in [3.63, 3.8) is 0 Å². The Balaban J connectivity index is 1.96. The number of esters is 5. The molecule has 0 radical (unpaired) electrons. The lowest BCUT2D eigenvalue weighted by Crippen LogP contribution is -2.64. The van der Waals surface area contributed by atoms with Gasteiger partial charge < -0.3 is 33.2 Å². The van der Waals surface area contributed by atoms with Crippen molar-refractivity contribution in [2.24, 2.45) is 0 Å². The summed E-state index contributed by atoms with van der Waals surface area (Å²) >= 11 is 0. The first-order valence-corrected chi connectivity index (χ1v) is 11.8. The number of hydrogen-bond donors (Lipinski definition) is 0. The average molecular weight is 545 g/mol. The van der Waals surface area contributed by atoms with E-state index in [9.17, 15) is 24.0 Å². The van der Waals surface area contributed by atoms with E-state index in [1.165, 1.54) is 12.1 Å². The molecule has 1 aliphatic heterocycles. The van der Waals surface area contributed by atoms with Gasteiger partial charge in [-0.15, -0.1) is 0 Å². The fourth-order valence-electron chi connectivity index (χ4n) is 3.84. The van der Waals surface area contributed by atoms with Crippen molar-refractivity contribution in [2.45, 2.75) is 58.1 Å². The summed E-state index contributed by atoms with van der Waals surface area (Å²) in [6, 6.07) is 15.0. The maximum absolute atomic E-state index is 12.9. The fourth-order valence-corrected chi connectivity index (χ4v) is 3.84. The molecule has 0 spiro atoms. The van der Waals surface area contributed by atoms with Crippen LogP contribution in [0.4, 0.5) is 0 Å². The third-order valence-corrected chi connectivity index (χ3v) is 5.40. The Kier molecular flexibility index (Phi) is 9.98. The largest absolute Gasteiger partial charge is 0.467 e. The van der Waals surface area contributed by atoms with Gasteiger partial charge in [0.05, 0.1) is 7.11 Å². The molecule has 0 N–H and O–H groups in total. The van der Waals surface area contributed by atoms with E-state index in [-0.39, 0.29) is 17.9 Å². The van der Waals surface area contributed by atoms with E-state index >= 15 is 0 Å². The van der Waals surface area contributed by atoms with Crippen LogP contribution >= 0.6 is 0 Å². The van der Waals surface area contributed by atoms with Gasteiger partial charge in [-0.05, 0) is 17.7 Å². The number of carbonyl (C=O) groups is 5. The van der Waals surface area contributed by atoms with Crippen LogP contribution in [0.1, 0.15) is 36.7 Å². The van der Waals surface area contributed by atoms with Crippen molar-refractivity contribution in [3.8, 4) is 5.75 Å². The monoisotopic (exact) mass is 544 g/mol. The molecule has 0 aliphatic carbocycles. The number of benzene rings is 2. The summed E-state index contributed by atoms with van der Waals surface area (Å²) in [6.07, 6.45) is -7.86. The molecule has 0 aromatic heterocycles. The van der Waals surface area contributed by atoms with Gasteiger partial charge in [0.15, 0.2) is 18.3 Å². The predicted octanol–water partition coefficient (Wildman–Crippen LogP) is 2.12. The van der Waals surface area contributed by atoms with Crippen molar-refractivity contribution >= 4 is 29.8 Å². The summed E-state index contributed by atoms with van der Waals surface area (Å²) in [7, 11) is 1.07. The van der Waals surface area contributed by atoms with Crippen LogP contribution in [-0.2, 0) is 54.2 Å². The number of ether oxygens (including phenoxy) is 7. The zero-order valence-corrected chi connectivity index (χ0v) is 21.7. The van der Waals surface area contributed by atoms with Gasteiger partial charge in [0.2, 0.25) is 12.4 Å². The zero-order chi connectivity index (χ0) is 28.5. The van der Waals surface area contributed by atoms with Crippen LogP contribution in [0.15, 0.2) is 54.6 Å². The second-order valence-electron chi connectivity index (χ2n) is 8.35. The van der Waals surface area contributed by atoms with E-state index in [2.05, 4.69) is 0 Å². The van der Waals surface area contributed by atoms with Gasteiger partial charge in [-0.3, -0.25) is 14.4 Å². The Hall–Kier alpha value is -4.45. The molecule has 1 saturated heterocycles. The highest BCUT2D eigenvalue weighted by molar-refractivity contribution is 5.92. The minimum Gasteiger partial charge on any atom is -0.467 e. The SMILES string of the molecule is COC(=O)C1O[C@H](Oc2ccccc2C(=O)OCc2ccccc2)[C@H](OC(C)=O)[C@H](OC(C)=O)[C@@H]1OC(C)=O. The normalized spacial score (nSPS) is 22.1. The highest BCUT2D eigenvalue weighted by Gasteiger charge is 2.56. The van der Waals surface area contributed by atoms with Crippen LogP contribution in [0, 0.1) is 0 Å². The Morgan fingerprint density at radius 3 is 1.92 bits per heavy atom. The molecule has 3 rings (SSSR count). The number of hydrogen-bond acceptors (Lipinski definition) is 12. The number of rotatable bonds is 9. The maximum Gasteiger partial charge on any atom is 0.342 e. The first-order valence-electron chi connectivity index (χ1n) is 11.8. The smallest absolute Gasteiger partial charge is 0.342 e. The topological polar surface area (TPSA) is 150 Å². The molecular weight excluding hydrogens is 516 g/mol. The molecule has 0 saturated carbocycles. The highest BCUT2D eigenvalue weighted by Crippen LogP contribution is 2.32. The molecule has 12 nitrogen and oxygen atoms in total. The first kappa shape index (κ1) is 29.1. The van der Waals surface area contributed by atoms with Crippen molar-refractivity contribution < 1.29 is 57.1 Å². The number of para-hydroxylation sites is 1. The Labute approximate surface area is 224 Å². The van der Waals surface area contributed by atoms with Gasteiger partial charge in [-0.25, -0.2) is 9.59 Å². The Bertz CT molecular complexity index is 1190. The molecule has 5 atom stereocenters. The van der Waals surface area contributed by atoms with E-state index in [1.807, 2.05) is 6.07 Å². The molecule has 0 amide bonds. The molecule has 1 heterocycles. The summed E-state index contributed by atoms with van der Waals surface area (Å²) in [5, 5.41) is 0. The van der Waals surface area contributed by atoms with Crippen LogP contribution in [-0.4, -0.2) is 67.7 Å². The standard InChI is InChI=1S/C27H28O12/c1-15(28)35-21-22(36-16(2)29)24(37-17(3)30)27(39-23(21)26(32)33-4)38-20-13-9-8-12-19(20)25(31)34-14-18-10-6-5-7-11-18/h5-13,21-24,27H,14H2,1-4H3/t21-,22+,23?,24+,27-/m0/s1. The molecule has 2 aromatic rings. The summed E-state index contributed by atoms with van der Waals surface area (Å²) in [5.74, 6) is -4.24. The molecule has 0 bridgehead atoms. The zero-order valence-electron chi connectivity index (χ0n) is 21.7. The summed E-state index contributed by atoms with van der Waals surface area (Å²) in [5.41, 5.74) is 0.760. The number of carbonyl (C=O) groups excluding carboxylic acids is 5. The van der Waals surface area contributed by atoms with Gasteiger partial charge in [0.1, 0.15) is 17.9 Å². The van der Waals surface area contributed by atoms with Crippen LogP contribution in [0.3, 0.4) is 0 Å². The fraction of sp³-hybridized carbons (Fsp3) is 0.370. The molecule has 2 aromatic carbocycles. The third kappa shape index (κ3) is 7.77. The molecule has 1 unspecified atom stereocenters. The lowest BCUT2D eigenvalue weighted by atomic mass is 9.97. The Morgan fingerprint density at radius 2 is 1.31 bits per heavy atom. The summed E-state index contributed by atoms with van der Waals surface area (Å²) in [6.45, 7) is 3.23. The third-order valence-electron chi connectivity index (χ3n) is 5.40. The molecule has 1 aliphatic rings. The van der Waals surface area contributed by atoms with Crippen LogP contribution in [0.25, 0.3) is 0 Å². The van der Waals surface area contributed by atoms with Gasteiger partial charge in [0, 0.05) is 20.8 Å². The van der Waals surface area contributed by atoms with Crippen molar-refractivity contribution in [1.29, 1.82) is 0 Å². The van der Waals surface area contributed by atoms with Crippen LogP contribution < -0.4 is 4.74 Å². The summed E-state index contributed by atoms with van der Waals surface area (Å²) < 4.78 is 37.7. The highest BCUT2D eigenvalue weighted by atomic mass is 16.7. The first-order chi connectivity index (χ1) is 18.6. The lowest BCUT2D eigenvalue weighted by molar-refractivity contribution is -0.282. The minimum absolute atomic E-state index is 0.000583. The van der Waals surface area contributed by atoms with Crippen molar-refractivity contribution in [1.82, 2.24) is 0 Å². The summed E-state index contributed by atoms with van der Waals surface area (Å²) in [4.78, 5) is 61.3. The van der Waals surface area contributed by atoms with E-state index in [1.54, 1.807) is 36.4 Å². The lowest BCUT2D eigenvalue weighted by Gasteiger charge is -2.43. The van der Waals surface area contributed by atoms with Crippen molar-refractivity contribution in [2.75, 3.05) is 7.11 Å². The van der Waals surface area contributed by atoms with E-state index in [0.29, 0.717) is 0 Å². The van der Waals surface area contributed by atoms with Gasteiger partial charge in [-0.1, -0.05) is 42.5 Å². The molecule has 39 heavy (non-hydrogen) atoms. The second-order valence-corrected chi connectivity index (χ2v) is 8.35. The number of methoxy groups -OCH3 is 1. The van der Waals surface area contributed by atoms with Crippen LogP contribution in [0.2, 0.25) is 0 Å². The van der Waals surface area contributed by atoms with E-state index in [0.717, 1.165) is 33.4 Å². The molecule has 208 valence electrons. The molecule has 1 fully saturated rings. The van der Waals surface area contributed by atoms with Gasteiger partial charge in [0.25, 0.3) is 0 Å². The van der Waals surface area contributed by atoms with Gasteiger partial charge >= 0.3 is 29.8 Å². The second kappa shape index (κ2) is 13.4. The molecular formula is C27H28O12. The predicted molar refractivity (Wildman–Crippen MR) is 130 cm³/mol. The Morgan fingerprint density at radius 1 is 0.744 bits per heavy atom. The van der Waals surface area contributed by atoms with E-state index in [4.69, 9.17) is 33.2 Å².